The molecule has 1 nitrogen and oxygen atoms in total. The number of aliphatic hydroxyl groups is 1. The van der Waals surface area contributed by atoms with Gasteiger partial charge in [-0.25, -0.2) is 0 Å². The van der Waals surface area contributed by atoms with Gasteiger partial charge in [-0.05, 0) is 104 Å². The Kier molecular flexibility index (Phi) is 1.26. The van der Waals surface area contributed by atoms with Crippen LogP contribution < -0.4 is 0 Å². The van der Waals surface area contributed by atoms with Crippen LogP contribution in [0.3, 0.4) is 0 Å². The van der Waals surface area contributed by atoms with E-state index in [4.69, 9.17) is 0 Å². The molecule has 10 rings (SSSR count). The van der Waals surface area contributed by atoms with E-state index < -0.39 is 0 Å². The molecule has 0 aromatic rings. The predicted molar refractivity (Wildman–Crippen MR) is 71.1 cm³/mol. The standard InChI is InChI=1S/C18H24O/c19-18-7-9-3-13-14(18)4-10-11-1-8-2-12(10)16(18)17(5-8,6-9)15(11)13/h8-16,19H,1-7H2/t8-,9-,10+,11?,12-,13-,14-,15?,16?,17-,18?/m1/s1. The quantitative estimate of drug-likeness (QED) is 0.706. The van der Waals surface area contributed by atoms with Crippen LogP contribution in [-0.2, 0) is 0 Å². The van der Waals surface area contributed by atoms with Crippen molar-refractivity contribution >= 4 is 0 Å². The molecule has 0 saturated heterocycles. The highest BCUT2D eigenvalue weighted by atomic mass is 16.3. The highest BCUT2D eigenvalue weighted by Gasteiger charge is 2.82. The number of hydrogen-bond donors (Lipinski definition) is 1. The molecule has 11 atom stereocenters. The summed E-state index contributed by atoms with van der Waals surface area (Å²) in [7, 11) is 0. The molecule has 10 aliphatic carbocycles. The maximum atomic E-state index is 11.6. The summed E-state index contributed by atoms with van der Waals surface area (Å²) in [6.07, 6.45) is 10.3. The average Bonchev–Trinajstić information content (AvgIpc) is 2.34. The molecule has 0 aliphatic heterocycles. The zero-order valence-corrected chi connectivity index (χ0v) is 11.6. The molecule has 10 aliphatic rings. The minimum atomic E-state index is -0.184. The van der Waals surface area contributed by atoms with Crippen molar-refractivity contribution in [3.63, 3.8) is 0 Å². The molecule has 0 heterocycles. The first-order valence-corrected chi connectivity index (χ1v) is 8.93. The Morgan fingerprint density at radius 2 is 1.53 bits per heavy atom. The fourth-order valence-corrected chi connectivity index (χ4v) is 10.4. The minimum absolute atomic E-state index is 0.184. The van der Waals surface area contributed by atoms with Crippen molar-refractivity contribution in [1.82, 2.24) is 0 Å². The summed E-state index contributed by atoms with van der Waals surface area (Å²) in [6, 6.07) is 0. The second-order valence-electron chi connectivity index (χ2n) is 9.78. The highest BCUT2D eigenvalue weighted by molar-refractivity contribution is 5.30. The Labute approximate surface area is 115 Å². The summed E-state index contributed by atoms with van der Waals surface area (Å²) < 4.78 is 0. The van der Waals surface area contributed by atoms with Crippen molar-refractivity contribution in [3.05, 3.63) is 0 Å². The lowest BCUT2D eigenvalue weighted by molar-refractivity contribution is -0.393. The fourth-order valence-electron chi connectivity index (χ4n) is 10.4. The van der Waals surface area contributed by atoms with E-state index in [-0.39, 0.29) is 5.60 Å². The summed E-state index contributed by atoms with van der Waals surface area (Å²) in [5.41, 5.74) is 0.473. The number of hydrogen-bond acceptors (Lipinski definition) is 1. The fraction of sp³-hybridized carbons (Fsp3) is 1.00. The van der Waals surface area contributed by atoms with Crippen LogP contribution in [0.1, 0.15) is 44.9 Å². The first-order valence-electron chi connectivity index (χ1n) is 8.93. The molecule has 102 valence electrons. The van der Waals surface area contributed by atoms with Crippen LogP contribution in [0, 0.1) is 58.7 Å². The van der Waals surface area contributed by atoms with Crippen molar-refractivity contribution in [3.8, 4) is 0 Å². The van der Waals surface area contributed by atoms with Crippen LogP contribution in [0.2, 0.25) is 0 Å². The van der Waals surface area contributed by atoms with Gasteiger partial charge < -0.3 is 5.11 Å². The molecule has 0 aromatic carbocycles. The van der Waals surface area contributed by atoms with Crippen molar-refractivity contribution in [1.29, 1.82) is 0 Å². The molecule has 10 fully saturated rings. The van der Waals surface area contributed by atoms with E-state index in [1.807, 2.05) is 0 Å². The molecule has 10 saturated carbocycles. The first kappa shape index (κ1) is 9.82. The van der Waals surface area contributed by atoms with Gasteiger partial charge in [0.1, 0.15) is 0 Å². The molecule has 1 spiro atoms. The van der Waals surface area contributed by atoms with Crippen LogP contribution in [0.4, 0.5) is 0 Å². The minimum Gasteiger partial charge on any atom is -0.389 e. The lowest BCUT2D eigenvalue weighted by Crippen LogP contribution is -2.82. The smallest absolute Gasteiger partial charge is 0.0717 e. The Bertz CT molecular complexity index is 510. The van der Waals surface area contributed by atoms with Gasteiger partial charge in [0.25, 0.3) is 0 Å². The largest absolute Gasteiger partial charge is 0.389 e. The maximum absolute atomic E-state index is 11.6. The summed E-state index contributed by atoms with van der Waals surface area (Å²) >= 11 is 0. The SMILES string of the molecule is OC12C[C@@H]3C[C@H]4C5C6C[C@@H]7C[C@@H](C1[C@]5(C7)C3)[C@H]6C[C@H]42. The average molecular weight is 256 g/mol. The molecular formula is C18H24O. The van der Waals surface area contributed by atoms with Crippen LogP contribution in [0.15, 0.2) is 0 Å². The Morgan fingerprint density at radius 3 is 2.47 bits per heavy atom. The Balaban J connectivity index is 1.58. The zero-order valence-electron chi connectivity index (χ0n) is 11.6. The van der Waals surface area contributed by atoms with Gasteiger partial charge in [-0.2, -0.15) is 0 Å². The molecule has 11 bridgehead atoms. The van der Waals surface area contributed by atoms with Gasteiger partial charge in [-0.15, -0.1) is 0 Å². The molecule has 19 heavy (non-hydrogen) atoms. The van der Waals surface area contributed by atoms with E-state index in [2.05, 4.69) is 0 Å². The van der Waals surface area contributed by atoms with E-state index in [1.165, 1.54) is 38.5 Å². The Hall–Kier alpha value is -0.0400. The van der Waals surface area contributed by atoms with E-state index >= 15 is 0 Å². The first-order chi connectivity index (χ1) is 9.21. The van der Waals surface area contributed by atoms with Crippen LogP contribution in [0.25, 0.3) is 0 Å². The van der Waals surface area contributed by atoms with Crippen molar-refractivity contribution in [2.24, 2.45) is 58.7 Å². The van der Waals surface area contributed by atoms with Gasteiger partial charge in [0.15, 0.2) is 0 Å². The van der Waals surface area contributed by atoms with E-state index in [1.54, 1.807) is 6.42 Å². The molecule has 0 aromatic heterocycles. The second kappa shape index (κ2) is 2.45. The summed E-state index contributed by atoms with van der Waals surface area (Å²) in [6.45, 7) is 0. The van der Waals surface area contributed by atoms with Crippen LogP contribution >= 0.6 is 0 Å². The molecule has 1 heteroatoms. The molecule has 0 radical (unpaired) electrons. The third-order valence-electron chi connectivity index (χ3n) is 9.73. The van der Waals surface area contributed by atoms with Gasteiger partial charge in [0.2, 0.25) is 0 Å². The predicted octanol–water partition coefficient (Wildman–Crippen LogP) is 3.08. The van der Waals surface area contributed by atoms with Crippen molar-refractivity contribution in [2.45, 2.75) is 50.5 Å². The maximum Gasteiger partial charge on any atom is 0.0717 e. The normalized spacial score (nSPS) is 80.4. The van der Waals surface area contributed by atoms with Gasteiger partial charge in [0.05, 0.1) is 5.60 Å². The molecular weight excluding hydrogens is 232 g/mol. The zero-order chi connectivity index (χ0) is 12.1. The second-order valence-corrected chi connectivity index (χ2v) is 9.78. The van der Waals surface area contributed by atoms with Crippen LogP contribution in [0.5, 0.6) is 0 Å². The third-order valence-corrected chi connectivity index (χ3v) is 9.73. The number of rotatable bonds is 0. The summed E-state index contributed by atoms with van der Waals surface area (Å²) in [5.74, 6) is 8.61. The third kappa shape index (κ3) is 0.734. The van der Waals surface area contributed by atoms with E-state index in [0.29, 0.717) is 5.41 Å². The molecule has 1 N–H and O–H groups in total. The summed E-state index contributed by atoms with van der Waals surface area (Å²) in [4.78, 5) is 0. The molecule has 0 amide bonds. The molecule has 4 unspecified atom stereocenters. The Morgan fingerprint density at radius 1 is 0.737 bits per heavy atom. The van der Waals surface area contributed by atoms with Gasteiger partial charge >= 0.3 is 0 Å². The summed E-state index contributed by atoms with van der Waals surface area (Å²) in [5, 5.41) is 11.6. The lowest BCUT2D eigenvalue weighted by Gasteiger charge is -2.85. The van der Waals surface area contributed by atoms with E-state index in [9.17, 15) is 5.11 Å². The van der Waals surface area contributed by atoms with Gasteiger partial charge in [0, 0.05) is 0 Å². The topological polar surface area (TPSA) is 20.2 Å². The lowest BCUT2D eigenvalue weighted by atomic mass is 9.21. The van der Waals surface area contributed by atoms with Gasteiger partial charge in [-0.3, -0.25) is 0 Å². The van der Waals surface area contributed by atoms with E-state index in [0.717, 1.165) is 53.3 Å². The van der Waals surface area contributed by atoms with Crippen molar-refractivity contribution < 1.29 is 5.11 Å². The monoisotopic (exact) mass is 256 g/mol. The van der Waals surface area contributed by atoms with Gasteiger partial charge in [-0.1, -0.05) is 0 Å². The highest BCUT2D eigenvalue weighted by Crippen LogP contribution is 2.85. The van der Waals surface area contributed by atoms with Crippen molar-refractivity contribution in [2.75, 3.05) is 0 Å². The van der Waals surface area contributed by atoms with Crippen LogP contribution in [-0.4, -0.2) is 10.7 Å².